The number of hydrogen-bond donors (Lipinski definition) is 0. The van der Waals surface area contributed by atoms with Crippen molar-refractivity contribution in [3.8, 4) is 5.82 Å². The smallest absolute Gasteiger partial charge is 0.154 e. The van der Waals surface area contributed by atoms with E-state index in [1.54, 1.807) is 0 Å². The van der Waals surface area contributed by atoms with Crippen molar-refractivity contribution in [3.05, 3.63) is 40.3 Å². The minimum Gasteiger partial charge on any atom is -0.234 e. The second-order valence-corrected chi connectivity index (χ2v) is 4.79. The quantitative estimate of drug-likeness (QED) is 0.794. The van der Waals surface area contributed by atoms with E-state index in [1.165, 1.54) is 5.56 Å². The molecule has 4 heteroatoms. The molecule has 2 aromatic heterocycles. The number of alkyl halides is 1. The number of aryl methyl sites for hydroxylation is 2. The number of hydrogen-bond acceptors (Lipinski definition) is 2. The van der Waals surface area contributed by atoms with E-state index in [9.17, 15) is 0 Å². The SMILES string of the molecule is CCc1cc(CCl)cc(-n2nc(C)c(C)c2C)n1. The topological polar surface area (TPSA) is 30.7 Å². The first kappa shape index (κ1) is 13.1. The summed E-state index contributed by atoms with van der Waals surface area (Å²) in [5.74, 6) is 1.36. The largest absolute Gasteiger partial charge is 0.234 e. The summed E-state index contributed by atoms with van der Waals surface area (Å²) in [7, 11) is 0. The molecule has 0 aliphatic rings. The van der Waals surface area contributed by atoms with Gasteiger partial charge in [-0.3, -0.25) is 0 Å². The number of pyridine rings is 1. The summed E-state index contributed by atoms with van der Waals surface area (Å²) < 4.78 is 1.90. The van der Waals surface area contributed by atoms with Crippen LogP contribution in [0.5, 0.6) is 0 Å². The predicted molar refractivity (Wildman–Crippen MR) is 74.5 cm³/mol. The van der Waals surface area contributed by atoms with Crippen LogP contribution in [0.1, 0.15) is 35.1 Å². The Hall–Kier alpha value is -1.35. The molecule has 0 saturated heterocycles. The lowest BCUT2D eigenvalue weighted by Gasteiger charge is -2.08. The lowest BCUT2D eigenvalue weighted by molar-refractivity contribution is 0.793. The summed E-state index contributed by atoms with van der Waals surface area (Å²) >= 11 is 5.93. The normalized spacial score (nSPS) is 10.9. The van der Waals surface area contributed by atoms with Crippen LogP contribution in [-0.4, -0.2) is 14.8 Å². The molecular weight excluding hydrogens is 246 g/mol. The van der Waals surface area contributed by atoms with Crippen molar-refractivity contribution in [3.63, 3.8) is 0 Å². The molecule has 96 valence electrons. The minimum atomic E-state index is 0.501. The van der Waals surface area contributed by atoms with Gasteiger partial charge in [-0.15, -0.1) is 11.6 Å². The van der Waals surface area contributed by atoms with Gasteiger partial charge in [0.25, 0.3) is 0 Å². The van der Waals surface area contributed by atoms with Gasteiger partial charge in [0, 0.05) is 17.3 Å². The van der Waals surface area contributed by atoms with Crippen LogP contribution in [0.15, 0.2) is 12.1 Å². The average molecular weight is 264 g/mol. The average Bonchev–Trinajstić information content (AvgIpc) is 2.65. The second-order valence-electron chi connectivity index (χ2n) is 4.52. The van der Waals surface area contributed by atoms with Gasteiger partial charge < -0.3 is 0 Å². The molecule has 2 rings (SSSR count). The van der Waals surface area contributed by atoms with Gasteiger partial charge in [0.15, 0.2) is 5.82 Å². The Balaban J connectivity index is 2.59. The molecule has 0 atom stereocenters. The maximum absolute atomic E-state index is 5.93. The van der Waals surface area contributed by atoms with Gasteiger partial charge >= 0.3 is 0 Å². The van der Waals surface area contributed by atoms with Crippen molar-refractivity contribution in [2.75, 3.05) is 0 Å². The van der Waals surface area contributed by atoms with Crippen LogP contribution in [0.25, 0.3) is 5.82 Å². The highest BCUT2D eigenvalue weighted by Crippen LogP contribution is 2.18. The Bertz CT molecular complexity index is 550. The van der Waals surface area contributed by atoms with E-state index in [2.05, 4.69) is 36.9 Å². The van der Waals surface area contributed by atoms with Crippen molar-refractivity contribution in [1.29, 1.82) is 0 Å². The highest BCUT2D eigenvalue weighted by atomic mass is 35.5. The molecule has 0 spiro atoms. The number of rotatable bonds is 3. The molecular formula is C14H18ClN3. The molecule has 0 aliphatic heterocycles. The molecule has 3 nitrogen and oxygen atoms in total. The van der Waals surface area contributed by atoms with E-state index >= 15 is 0 Å². The fourth-order valence-electron chi connectivity index (χ4n) is 1.94. The monoisotopic (exact) mass is 263 g/mol. The van der Waals surface area contributed by atoms with Gasteiger partial charge in [-0.2, -0.15) is 5.10 Å². The molecule has 0 unspecified atom stereocenters. The number of nitrogens with zero attached hydrogens (tertiary/aromatic N) is 3. The maximum Gasteiger partial charge on any atom is 0.154 e. The van der Waals surface area contributed by atoms with Crippen LogP contribution < -0.4 is 0 Å². The van der Waals surface area contributed by atoms with Crippen LogP contribution in [0, 0.1) is 20.8 Å². The van der Waals surface area contributed by atoms with Gasteiger partial charge in [0.1, 0.15) is 0 Å². The molecule has 0 saturated carbocycles. The van der Waals surface area contributed by atoms with E-state index in [0.717, 1.165) is 34.9 Å². The molecule has 2 aromatic rings. The zero-order chi connectivity index (χ0) is 13.3. The Morgan fingerprint density at radius 3 is 2.44 bits per heavy atom. The van der Waals surface area contributed by atoms with Crippen LogP contribution >= 0.6 is 11.6 Å². The predicted octanol–water partition coefficient (Wildman–Crippen LogP) is 3.49. The Morgan fingerprint density at radius 2 is 1.94 bits per heavy atom. The van der Waals surface area contributed by atoms with Crippen molar-refractivity contribution in [2.24, 2.45) is 0 Å². The van der Waals surface area contributed by atoms with Crippen molar-refractivity contribution in [1.82, 2.24) is 14.8 Å². The molecule has 18 heavy (non-hydrogen) atoms. The van der Waals surface area contributed by atoms with Crippen LogP contribution in [0.3, 0.4) is 0 Å². The number of aromatic nitrogens is 3. The summed E-state index contributed by atoms with van der Waals surface area (Å²) in [4.78, 5) is 4.63. The Kier molecular flexibility index (Phi) is 3.71. The van der Waals surface area contributed by atoms with Gasteiger partial charge in [-0.05, 0) is 50.5 Å². The lowest BCUT2D eigenvalue weighted by atomic mass is 10.2. The van der Waals surface area contributed by atoms with Crippen LogP contribution in [0.2, 0.25) is 0 Å². The molecule has 2 heterocycles. The second kappa shape index (κ2) is 5.11. The molecule has 0 fully saturated rings. The molecule has 0 bridgehead atoms. The van der Waals surface area contributed by atoms with Gasteiger partial charge in [-0.25, -0.2) is 9.67 Å². The van der Waals surface area contributed by atoms with Gasteiger partial charge in [-0.1, -0.05) is 6.92 Å². The highest BCUT2D eigenvalue weighted by Gasteiger charge is 2.11. The fraction of sp³-hybridized carbons (Fsp3) is 0.429. The van der Waals surface area contributed by atoms with Gasteiger partial charge in [0.2, 0.25) is 0 Å². The third kappa shape index (κ3) is 2.27. The van der Waals surface area contributed by atoms with Crippen molar-refractivity contribution < 1.29 is 0 Å². The first-order valence-electron chi connectivity index (χ1n) is 6.15. The van der Waals surface area contributed by atoms with E-state index in [1.807, 2.05) is 17.7 Å². The van der Waals surface area contributed by atoms with Gasteiger partial charge in [0.05, 0.1) is 5.69 Å². The Morgan fingerprint density at radius 1 is 1.22 bits per heavy atom. The standard InChI is InChI=1S/C14H18ClN3/c1-5-13-6-12(8-15)7-14(16-13)18-11(4)9(2)10(3)17-18/h6-7H,5,8H2,1-4H3. The van der Waals surface area contributed by atoms with Crippen molar-refractivity contribution in [2.45, 2.75) is 40.0 Å². The zero-order valence-electron chi connectivity index (χ0n) is 11.3. The third-order valence-corrected chi connectivity index (χ3v) is 3.62. The lowest BCUT2D eigenvalue weighted by Crippen LogP contribution is -2.05. The molecule has 0 aliphatic carbocycles. The zero-order valence-corrected chi connectivity index (χ0v) is 12.0. The van der Waals surface area contributed by atoms with E-state index < -0.39 is 0 Å². The highest BCUT2D eigenvalue weighted by molar-refractivity contribution is 6.17. The minimum absolute atomic E-state index is 0.501. The van der Waals surface area contributed by atoms with Crippen LogP contribution in [0.4, 0.5) is 0 Å². The van der Waals surface area contributed by atoms with Crippen LogP contribution in [-0.2, 0) is 12.3 Å². The number of halogens is 1. The molecule has 0 aromatic carbocycles. The first-order valence-corrected chi connectivity index (χ1v) is 6.69. The summed E-state index contributed by atoms with van der Waals surface area (Å²) in [6.45, 7) is 8.26. The van der Waals surface area contributed by atoms with E-state index in [0.29, 0.717) is 5.88 Å². The summed E-state index contributed by atoms with van der Waals surface area (Å²) in [5.41, 5.74) is 5.53. The summed E-state index contributed by atoms with van der Waals surface area (Å²) in [5, 5.41) is 4.54. The Labute approximate surface area is 113 Å². The summed E-state index contributed by atoms with van der Waals surface area (Å²) in [6, 6.07) is 4.06. The fourth-order valence-corrected chi connectivity index (χ4v) is 2.10. The van der Waals surface area contributed by atoms with E-state index in [4.69, 9.17) is 11.6 Å². The molecule has 0 N–H and O–H groups in total. The first-order chi connectivity index (χ1) is 8.56. The molecule has 0 amide bonds. The summed E-state index contributed by atoms with van der Waals surface area (Å²) in [6.07, 6.45) is 0.899. The third-order valence-electron chi connectivity index (χ3n) is 3.31. The van der Waals surface area contributed by atoms with E-state index in [-0.39, 0.29) is 0 Å². The maximum atomic E-state index is 5.93. The van der Waals surface area contributed by atoms with Crippen molar-refractivity contribution >= 4 is 11.6 Å². The molecule has 0 radical (unpaired) electrons.